The minimum Gasteiger partial charge on any atom is -0.339 e. The largest absolute Gasteiger partial charge is 0.339 e. The molecule has 6 rings (SSSR count). The molecule has 1 N–H and O–H groups in total. The SMILES string of the molecule is Clc1ccc(-c2nc(-c3ccc(Nc4ccc(-c5ccc6c(c5)CCCC6)nn4)cc3)cs2)cc1. The predicted octanol–water partition coefficient (Wildman–Crippen LogP) is 8.21. The predicted molar refractivity (Wildman–Crippen MR) is 145 cm³/mol. The number of aryl methyl sites for hydroxylation is 2. The number of nitrogens with zero attached hydrogens (tertiary/aromatic N) is 3. The normalized spacial score (nSPS) is 12.8. The van der Waals surface area contributed by atoms with Crippen LogP contribution >= 0.6 is 22.9 Å². The zero-order valence-corrected chi connectivity index (χ0v) is 20.6. The van der Waals surface area contributed by atoms with Gasteiger partial charge in [0.25, 0.3) is 0 Å². The maximum absolute atomic E-state index is 6.00. The Labute approximate surface area is 213 Å². The van der Waals surface area contributed by atoms with Gasteiger partial charge in [-0.15, -0.1) is 21.5 Å². The molecular weight excluding hydrogens is 472 g/mol. The van der Waals surface area contributed by atoms with E-state index in [-0.39, 0.29) is 0 Å². The van der Waals surface area contributed by atoms with Crippen LogP contribution in [0.3, 0.4) is 0 Å². The molecule has 2 heterocycles. The molecule has 0 saturated carbocycles. The lowest BCUT2D eigenvalue weighted by atomic mass is 9.90. The Bertz CT molecular complexity index is 1460. The van der Waals surface area contributed by atoms with Gasteiger partial charge in [-0.2, -0.15) is 0 Å². The molecular formula is C29H23ClN4S. The monoisotopic (exact) mass is 494 g/mol. The number of halogens is 1. The quantitative estimate of drug-likeness (QED) is 0.267. The average molecular weight is 495 g/mol. The summed E-state index contributed by atoms with van der Waals surface area (Å²) in [5, 5.41) is 16.0. The summed E-state index contributed by atoms with van der Waals surface area (Å²) < 4.78 is 0. The maximum atomic E-state index is 6.00. The molecule has 0 unspecified atom stereocenters. The standard InChI is InChI=1S/C29H23ClN4S/c30-24-11-7-21(8-12-24)29-32-27(18-35-29)20-9-13-25(14-10-20)31-28-16-15-26(33-34-28)23-6-5-19-3-1-2-4-22(19)17-23/h5-18H,1-4H2,(H,31,34). The highest BCUT2D eigenvalue weighted by molar-refractivity contribution is 7.13. The van der Waals surface area contributed by atoms with E-state index in [1.807, 2.05) is 48.5 Å². The molecule has 5 aromatic rings. The molecule has 1 aliphatic carbocycles. The Hall–Kier alpha value is -3.54. The molecule has 6 heteroatoms. The lowest BCUT2D eigenvalue weighted by Gasteiger charge is -2.16. The maximum Gasteiger partial charge on any atom is 0.153 e. The summed E-state index contributed by atoms with van der Waals surface area (Å²) in [7, 11) is 0. The highest BCUT2D eigenvalue weighted by atomic mass is 35.5. The zero-order chi connectivity index (χ0) is 23.6. The van der Waals surface area contributed by atoms with E-state index in [9.17, 15) is 0 Å². The second kappa shape index (κ2) is 9.61. The first-order valence-corrected chi connectivity index (χ1v) is 13.0. The first kappa shape index (κ1) is 22.0. The Morgan fingerprint density at radius 2 is 1.43 bits per heavy atom. The molecule has 0 atom stereocenters. The Balaban J connectivity index is 1.14. The van der Waals surface area contributed by atoms with Gasteiger partial charge in [-0.1, -0.05) is 48.0 Å². The van der Waals surface area contributed by atoms with Crippen LogP contribution in [0.5, 0.6) is 0 Å². The smallest absolute Gasteiger partial charge is 0.153 e. The lowest BCUT2D eigenvalue weighted by Crippen LogP contribution is -2.02. The molecule has 0 radical (unpaired) electrons. The van der Waals surface area contributed by atoms with Gasteiger partial charge in [0.05, 0.1) is 11.4 Å². The molecule has 0 spiro atoms. The van der Waals surface area contributed by atoms with Gasteiger partial charge in [0.15, 0.2) is 5.82 Å². The number of anilines is 2. The number of hydrogen-bond donors (Lipinski definition) is 1. The number of nitrogens with one attached hydrogen (secondary N) is 1. The molecule has 4 nitrogen and oxygen atoms in total. The minimum absolute atomic E-state index is 0.721. The Morgan fingerprint density at radius 3 is 2.20 bits per heavy atom. The zero-order valence-electron chi connectivity index (χ0n) is 19.0. The lowest BCUT2D eigenvalue weighted by molar-refractivity contribution is 0.686. The van der Waals surface area contributed by atoms with Gasteiger partial charge in [-0.05, 0) is 79.3 Å². The van der Waals surface area contributed by atoms with Gasteiger partial charge >= 0.3 is 0 Å². The number of rotatable bonds is 5. The van der Waals surface area contributed by atoms with E-state index in [0.29, 0.717) is 0 Å². The van der Waals surface area contributed by atoms with Crippen molar-refractivity contribution in [1.82, 2.24) is 15.2 Å². The summed E-state index contributed by atoms with van der Waals surface area (Å²) in [6, 6.07) is 26.7. The first-order chi connectivity index (χ1) is 17.2. The number of thiazole rings is 1. The summed E-state index contributed by atoms with van der Waals surface area (Å²) in [4.78, 5) is 4.79. The highest BCUT2D eigenvalue weighted by Crippen LogP contribution is 2.31. The number of fused-ring (bicyclic) bond motifs is 1. The molecule has 0 amide bonds. The molecule has 0 fully saturated rings. The molecule has 35 heavy (non-hydrogen) atoms. The molecule has 172 valence electrons. The molecule has 2 aromatic heterocycles. The minimum atomic E-state index is 0.721. The van der Waals surface area contributed by atoms with E-state index in [4.69, 9.17) is 16.6 Å². The van der Waals surface area contributed by atoms with E-state index in [0.717, 1.165) is 56.0 Å². The fraction of sp³-hybridized carbons (Fsp3) is 0.138. The molecule has 1 aliphatic rings. The van der Waals surface area contributed by atoms with Crippen LogP contribution in [0.25, 0.3) is 33.1 Å². The third kappa shape index (κ3) is 4.83. The van der Waals surface area contributed by atoms with Crippen LogP contribution < -0.4 is 5.32 Å². The van der Waals surface area contributed by atoms with E-state index >= 15 is 0 Å². The summed E-state index contributed by atoms with van der Waals surface area (Å²) in [5.41, 5.74) is 9.03. The summed E-state index contributed by atoms with van der Waals surface area (Å²) >= 11 is 7.63. The second-order valence-corrected chi connectivity index (χ2v) is 10.0. The van der Waals surface area contributed by atoms with Crippen LogP contribution in [0.1, 0.15) is 24.0 Å². The van der Waals surface area contributed by atoms with E-state index in [2.05, 4.69) is 51.2 Å². The van der Waals surface area contributed by atoms with Crippen molar-refractivity contribution in [2.75, 3.05) is 5.32 Å². The van der Waals surface area contributed by atoms with Crippen molar-refractivity contribution in [3.63, 3.8) is 0 Å². The fourth-order valence-corrected chi connectivity index (χ4v) is 5.41. The van der Waals surface area contributed by atoms with Gasteiger partial charge in [-0.25, -0.2) is 4.98 Å². The molecule has 0 saturated heterocycles. The van der Waals surface area contributed by atoms with Crippen molar-refractivity contribution < 1.29 is 0 Å². The molecule has 0 bridgehead atoms. The second-order valence-electron chi connectivity index (χ2n) is 8.74. The van der Waals surface area contributed by atoms with Gasteiger partial charge in [0, 0.05) is 32.8 Å². The van der Waals surface area contributed by atoms with Gasteiger partial charge in [0.1, 0.15) is 5.01 Å². The number of aromatic nitrogens is 3. The van der Waals surface area contributed by atoms with Gasteiger partial charge in [-0.3, -0.25) is 0 Å². The fourth-order valence-electron chi connectivity index (χ4n) is 4.45. The van der Waals surface area contributed by atoms with Crippen LogP contribution in [0.15, 0.2) is 84.2 Å². The van der Waals surface area contributed by atoms with E-state index < -0.39 is 0 Å². The van der Waals surface area contributed by atoms with E-state index in [1.165, 1.54) is 30.4 Å². The Morgan fingerprint density at radius 1 is 0.686 bits per heavy atom. The van der Waals surface area contributed by atoms with Crippen LogP contribution in [0.4, 0.5) is 11.5 Å². The van der Waals surface area contributed by atoms with Crippen molar-refractivity contribution in [2.24, 2.45) is 0 Å². The first-order valence-electron chi connectivity index (χ1n) is 11.8. The third-order valence-electron chi connectivity index (χ3n) is 6.36. The van der Waals surface area contributed by atoms with Crippen molar-refractivity contribution in [3.8, 4) is 33.1 Å². The van der Waals surface area contributed by atoms with Crippen molar-refractivity contribution >= 4 is 34.4 Å². The summed E-state index contributed by atoms with van der Waals surface area (Å²) in [6.45, 7) is 0. The van der Waals surface area contributed by atoms with Crippen molar-refractivity contribution in [1.29, 1.82) is 0 Å². The third-order valence-corrected chi connectivity index (χ3v) is 7.50. The Kier molecular flexibility index (Phi) is 6.03. The highest BCUT2D eigenvalue weighted by Gasteiger charge is 2.11. The average Bonchev–Trinajstić information content (AvgIpc) is 3.40. The van der Waals surface area contributed by atoms with Crippen LogP contribution in [-0.4, -0.2) is 15.2 Å². The van der Waals surface area contributed by atoms with Gasteiger partial charge < -0.3 is 5.32 Å². The van der Waals surface area contributed by atoms with Crippen LogP contribution in [-0.2, 0) is 12.8 Å². The van der Waals surface area contributed by atoms with Crippen molar-refractivity contribution in [2.45, 2.75) is 25.7 Å². The van der Waals surface area contributed by atoms with Gasteiger partial charge in [0.2, 0.25) is 0 Å². The van der Waals surface area contributed by atoms with Crippen molar-refractivity contribution in [3.05, 3.63) is 100 Å². The summed E-state index contributed by atoms with van der Waals surface area (Å²) in [5.74, 6) is 0.721. The number of benzene rings is 3. The summed E-state index contributed by atoms with van der Waals surface area (Å²) in [6.07, 6.45) is 4.92. The van der Waals surface area contributed by atoms with Crippen LogP contribution in [0.2, 0.25) is 5.02 Å². The topological polar surface area (TPSA) is 50.7 Å². The molecule has 0 aliphatic heterocycles. The van der Waals surface area contributed by atoms with E-state index in [1.54, 1.807) is 11.3 Å². The number of hydrogen-bond acceptors (Lipinski definition) is 5. The molecule has 3 aromatic carbocycles. The van der Waals surface area contributed by atoms with Crippen LogP contribution in [0, 0.1) is 0 Å².